The maximum absolute atomic E-state index is 13.2. The minimum Gasteiger partial charge on any atom is -0.363 e. The zero-order chi connectivity index (χ0) is 19.8. The van der Waals surface area contributed by atoms with Crippen LogP contribution in [0, 0.1) is 0 Å². The largest absolute Gasteiger partial charge is 0.433 e. The van der Waals surface area contributed by atoms with Crippen LogP contribution in [0.1, 0.15) is 30.3 Å². The molecule has 2 aromatic heterocycles. The van der Waals surface area contributed by atoms with E-state index >= 15 is 0 Å². The number of nitrogens with zero attached hydrogens (tertiary/aromatic N) is 7. The van der Waals surface area contributed by atoms with Crippen LogP contribution in [0.15, 0.2) is 10.6 Å². The van der Waals surface area contributed by atoms with Gasteiger partial charge >= 0.3 is 6.18 Å². The number of anilines is 3. The highest BCUT2D eigenvalue weighted by molar-refractivity contribution is 5.46. The first kappa shape index (κ1) is 19.2. The fourth-order valence-electron chi connectivity index (χ4n) is 2.87. The second-order valence-electron chi connectivity index (χ2n) is 6.92. The van der Waals surface area contributed by atoms with Crippen molar-refractivity contribution in [3.05, 3.63) is 17.7 Å². The standard InChI is InChI=1S/C16H22F3N7O/c1-24(2)12-8-11(16(17,18)19)20-14(21-12)26-7-5-6-10(9-26)13-22-15(23-27-13)25(3)4/h8,10H,5-7,9H2,1-4H3. The van der Waals surface area contributed by atoms with Gasteiger partial charge in [0.1, 0.15) is 5.82 Å². The third kappa shape index (κ3) is 4.22. The fraction of sp³-hybridized carbons (Fsp3) is 0.625. The molecule has 1 atom stereocenters. The molecule has 0 spiro atoms. The molecular weight excluding hydrogens is 363 g/mol. The van der Waals surface area contributed by atoms with Gasteiger partial charge in [-0.15, -0.1) is 0 Å². The number of hydrogen-bond donors (Lipinski definition) is 0. The van der Waals surface area contributed by atoms with Gasteiger partial charge in [0.05, 0.1) is 5.92 Å². The molecule has 0 aromatic carbocycles. The topological polar surface area (TPSA) is 74.4 Å². The molecule has 3 rings (SSSR count). The van der Waals surface area contributed by atoms with Gasteiger partial charge in [-0.1, -0.05) is 0 Å². The van der Waals surface area contributed by atoms with Crippen LogP contribution in [0.2, 0.25) is 0 Å². The van der Waals surface area contributed by atoms with Crippen LogP contribution < -0.4 is 14.7 Å². The van der Waals surface area contributed by atoms with E-state index in [9.17, 15) is 13.2 Å². The first-order chi connectivity index (χ1) is 12.6. The lowest BCUT2D eigenvalue weighted by atomic mass is 9.98. The molecule has 1 aliphatic heterocycles. The van der Waals surface area contributed by atoms with Crippen LogP contribution in [-0.2, 0) is 6.18 Å². The zero-order valence-electron chi connectivity index (χ0n) is 15.7. The van der Waals surface area contributed by atoms with Crippen molar-refractivity contribution in [2.45, 2.75) is 24.9 Å². The molecule has 8 nitrogen and oxygen atoms in total. The third-order valence-electron chi connectivity index (χ3n) is 4.33. The smallest absolute Gasteiger partial charge is 0.363 e. The van der Waals surface area contributed by atoms with E-state index in [1.54, 1.807) is 38.0 Å². The summed E-state index contributed by atoms with van der Waals surface area (Å²) in [5, 5.41) is 3.91. The Labute approximate surface area is 155 Å². The number of rotatable bonds is 4. The van der Waals surface area contributed by atoms with Gasteiger partial charge in [0.25, 0.3) is 5.95 Å². The summed E-state index contributed by atoms with van der Waals surface area (Å²) in [5.41, 5.74) is -0.953. The van der Waals surface area contributed by atoms with Crippen molar-refractivity contribution < 1.29 is 17.7 Å². The second kappa shape index (κ2) is 7.20. The van der Waals surface area contributed by atoms with Crippen molar-refractivity contribution in [1.29, 1.82) is 0 Å². The minimum absolute atomic E-state index is 0.0607. The lowest BCUT2D eigenvalue weighted by Gasteiger charge is -2.31. The van der Waals surface area contributed by atoms with Gasteiger partial charge in [-0.05, 0) is 18.0 Å². The summed E-state index contributed by atoms with van der Waals surface area (Å²) < 4.78 is 45.0. The summed E-state index contributed by atoms with van der Waals surface area (Å²) in [6.45, 7) is 0.989. The minimum atomic E-state index is -4.54. The molecule has 1 aliphatic rings. The van der Waals surface area contributed by atoms with Gasteiger partial charge in [-0.3, -0.25) is 0 Å². The van der Waals surface area contributed by atoms with E-state index in [1.807, 2.05) is 0 Å². The average Bonchev–Trinajstić information content (AvgIpc) is 3.11. The lowest BCUT2D eigenvalue weighted by molar-refractivity contribution is -0.141. The fourth-order valence-corrected chi connectivity index (χ4v) is 2.87. The highest BCUT2D eigenvalue weighted by Gasteiger charge is 2.35. The molecule has 27 heavy (non-hydrogen) atoms. The normalized spacial score (nSPS) is 17.9. The first-order valence-electron chi connectivity index (χ1n) is 8.54. The molecule has 11 heteroatoms. The second-order valence-corrected chi connectivity index (χ2v) is 6.92. The average molecular weight is 385 g/mol. The Morgan fingerprint density at radius 2 is 1.85 bits per heavy atom. The summed E-state index contributed by atoms with van der Waals surface area (Å²) in [5.74, 6) is 1.13. The van der Waals surface area contributed by atoms with Crippen LogP contribution in [0.4, 0.5) is 30.9 Å². The molecule has 148 valence electrons. The maximum atomic E-state index is 13.2. The quantitative estimate of drug-likeness (QED) is 0.794. The summed E-state index contributed by atoms with van der Waals surface area (Å²) in [7, 11) is 6.90. The van der Waals surface area contributed by atoms with Gasteiger partial charge in [-0.2, -0.15) is 23.1 Å². The molecule has 0 aliphatic carbocycles. The van der Waals surface area contributed by atoms with Gasteiger partial charge in [0, 0.05) is 47.3 Å². The van der Waals surface area contributed by atoms with Crippen molar-refractivity contribution in [3.8, 4) is 0 Å². The summed E-state index contributed by atoms with van der Waals surface area (Å²) >= 11 is 0. The van der Waals surface area contributed by atoms with E-state index in [4.69, 9.17) is 4.52 Å². The van der Waals surface area contributed by atoms with Gasteiger partial charge in [0.2, 0.25) is 11.8 Å². The van der Waals surface area contributed by atoms with Crippen LogP contribution in [-0.4, -0.2) is 61.4 Å². The number of aromatic nitrogens is 4. The van der Waals surface area contributed by atoms with Crippen molar-refractivity contribution in [3.63, 3.8) is 0 Å². The Balaban J connectivity index is 1.87. The van der Waals surface area contributed by atoms with E-state index in [0.717, 1.165) is 18.9 Å². The van der Waals surface area contributed by atoms with E-state index in [2.05, 4.69) is 20.1 Å². The van der Waals surface area contributed by atoms with Crippen LogP contribution in [0.3, 0.4) is 0 Å². The molecule has 0 bridgehead atoms. The van der Waals surface area contributed by atoms with E-state index in [1.165, 1.54) is 4.90 Å². The van der Waals surface area contributed by atoms with Crippen LogP contribution >= 0.6 is 0 Å². The van der Waals surface area contributed by atoms with Crippen molar-refractivity contribution in [2.24, 2.45) is 0 Å². The lowest BCUT2D eigenvalue weighted by Crippen LogP contribution is -2.36. The highest BCUT2D eigenvalue weighted by atomic mass is 19.4. The van der Waals surface area contributed by atoms with E-state index < -0.39 is 11.9 Å². The molecule has 0 radical (unpaired) electrons. The zero-order valence-corrected chi connectivity index (χ0v) is 15.7. The SMILES string of the molecule is CN(C)c1cc(C(F)(F)F)nc(N2CCCC(c3nc(N(C)C)no3)C2)n1. The molecule has 0 amide bonds. The molecule has 1 fully saturated rings. The van der Waals surface area contributed by atoms with Crippen LogP contribution in [0.25, 0.3) is 0 Å². The summed E-state index contributed by atoms with van der Waals surface area (Å²) in [6, 6.07) is 0.951. The Kier molecular flexibility index (Phi) is 5.11. The predicted molar refractivity (Wildman–Crippen MR) is 94.2 cm³/mol. The number of piperidine rings is 1. The Hall–Kier alpha value is -2.59. The molecule has 1 saturated heterocycles. The maximum Gasteiger partial charge on any atom is 0.433 e. The molecular formula is C16H22F3N7O. The van der Waals surface area contributed by atoms with Gasteiger partial charge in [0.15, 0.2) is 5.69 Å². The van der Waals surface area contributed by atoms with Gasteiger partial charge < -0.3 is 19.2 Å². The van der Waals surface area contributed by atoms with E-state index in [0.29, 0.717) is 24.9 Å². The number of alkyl halides is 3. The van der Waals surface area contributed by atoms with Crippen molar-refractivity contribution >= 4 is 17.7 Å². The Morgan fingerprint density at radius 3 is 2.44 bits per heavy atom. The third-order valence-corrected chi connectivity index (χ3v) is 4.33. The number of hydrogen-bond acceptors (Lipinski definition) is 8. The molecule has 0 saturated carbocycles. The number of halogens is 3. The van der Waals surface area contributed by atoms with Gasteiger partial charge in [-0.25, -0.2) is 4.98 Å². The molecule has 1 unspecified atom stereocenters. The summed E-state index contributed by atoms with van der Waals surface area (Å²) in [6.07, 6.45) is -2.96. The predicted octanol–water partition coefficient (Wildman–Crippen LogP) is 2.39. The monoisotopic (exact) mass is 385 g/mol. The highest BCUT2D eigenvalue weighted by Crippen LogP contribution is 2.33. The van der Waals surface area contributed by atoms with Crippen LogP contribution in [0.5, 0.6) is 0 Å². The molecule has 3 heterocycles. The summed E-state index contributed by atoms with van der Waals surface area (Å²) in [4.78, 5) is 17.4. The Morgan fingerprint density at radius 1 is 1.11 bits per heavy atom. The molecule has 2 aromatic rings. The van der Waals surface area contributed by atoms with Crippen molar-refractivity contribution in [2.75, 3.05) is 56.0 Å². The molecule has 0 N–H and O–H groups in total. The first-order valence-corrected chi connectivity index (χ1v) is 8.54. The van der Waals surface area contributed by atoms with E-state index in [-0.39, 0.29) is 17.7 Å². The van der Waals surface area contributed by atoms with Crippen molar-refractivity contribution in [1.82, 2.24) is 20.1 Å². The Bertz CT molecular complexity index is 791.